The molecule has 1 aromatic carbocycles. The summed E-state index contributed by atoms with van der Waals surface area (Å²) in [5, 5.41) is 3.48. The highest BCUT2D eigenvalue weighted by Crippen LogP contribution is 2.48. The van der Waals surface area contributed by atoms with Gasteiger partial charge in [-0.15, -0.1) is 0 Å². The van der Waals surface area contributed by atoms with Gasteiger partial charge in [0.2, 0.25) is 11.8 Å². The van der Waals surface area contributed by atoms with Gasteiger partial charge in [0.15, 0.2) is 0 Å². The Morgan fingerprint density at radius 3 is 2.45 bits per heavy atom. The summed E-state index contributed by atoms with van der Waals surface area (Å²) in [6.07, 6.45) is 4.54. The maximum absolute atomic E-state index is 12.7. The van der Waals surface area contributed by atoms with Gasteiger partial charge in [0, 0.05) is 23.8 Å². The molecule has 1 heterocycles. The highest BCUT2D eigenvalue weighted by molar-refractivity contribution is 6.31. The minimum atomic E-state index is -0.839. The molecule has 1 aliphatic carbocycles. The minimum Gasteiger partial charge on any atom is -0.342 e. The van der Waals surface area contributed by atoms with Crippen LogP contribution in [-0.2, 0) is 9.59 Å². The SMILES string of the molecule is Cc1ccc(NC(=O)C2(C(=O)N3CCCCC3)CC2)cc1Cl. The van der Waals surface area contributed by atoms with Crippen LogP contribution in [0.1, 0.15) is 37.7 Å². The monoisotopic (exact) mass is 320 g/mol. The standard InChI is InChI=1S/C17H21ClN2O2/c1-12-5-6-13(11-14(12)18)19-15(21)17(7-8-17)16(22)20-9-3-2-4-10-20/h5-6,11H,2-4,7-10H2,1H3,(H,19,21). The molecule has 0 bridgehead atoms. The third-order valence-electron chi connectivity index (χ3n) is 4.67. The number of benzene rings is 1. The highest BCUT2D eigenvalue weighted by atomic mass is 35.5. The van der Waals surface area contributed by atoms with Gasteiger partial charge in [-0.25, -0.2) is 0 Å². The van der Waals surface area contributed by atoms with Gasteiger partial charge >= 0.3 is 0 Å². The zero-order chi connectivity index (χ0) is 15.7. The summed E-state index contributed by atoms with van der Waals surface area (Å²) in [6.45, 7) is 3.48. The first kappa shape index (κ1) is 15.3. The van der Waals surface area contributed by atoms with E-state index in [1.54, 1.807) is 6.07 Å². The number of nitrogens with one attached hydrogen (secondary N) is 1. The van der Waals surface area contributed by atoms with Crippen molar-refractivity contribution in [1.29, 1.82) is 0 Å². The van der Waals surface area contributed by atoms with E-state index < -0.39 is 5.41 Å². The van der Waals surface area contributed by atoms with Crippen LogP contribution in [0, 0.1) is 12.3 Å². The Morgan fingerprint density at radius 1 is 1.18 bits per heavy atom. The van der Waals surface area contributed by atoms with Crippen molar-refractivity contribution < 1.29 is 9.59 Å². The van der Waals surface area contributed by atoms with Crippen molar-refractivity contribution in [2.24, 2.45) is 5.41 Å². The van der Waals surface area contributed by atoms with Crippen LogP contribution in [0.25, 0.3) is 0 Å². The molecule has 3 rings (SSSR count). The molecule has 5 heteroatoms. The average molecular weight is 321 g/mol. The lowest BCUT2D eigenvalue weighted by atomic mass is 10.0. The largest absolute Gasteiger partial charge is 0.342 e. The highest BCUT2D eigenvalue weighted by Gasteiger charge is 2.58. The zero-order valence-corrected chi connectivity index (χ0v) is 13.6. The Labute approximate surface area is 135 Å². The van der Waals surface area contributed by atoms with Crippen molar-refractivity contribution in [2.45, 2.75) is 39.0 Å². The third-order valence-corrected chi connectivity index (χ3v) is 5.07. The normalized spacial score (nSPS) is 19.6. The van der Waals surface area contributed by atoms with E-state index in [1.807, 2.05) is 24.0 Å². The molecule has 1 aliphatic heterocycles. The zero-order valence-electron chi connectivity index (χ0n) is 12.8. The first-order valence-corrected chi connectivity index (χ1v) is 8.28. The summed E-state index contributed by atoms with van der Waals surface area (Å²) in [5.41, 5.74) is 0.776. The molecule has 0 spiro atoms. The lowest BCUT2D eigenvalue weighted by Crippen LogP contribution is -2.45. The van der Waals surface area contributed by atoms with Crippen LogP contribution < -0.4 is 5.32 Å². The average Bonchev–Trinajstić information content (AvgIpc) is 3.33. The van der Waals surface area contributed by atoms with E-state index in [4.69, 9.17) is 11.6 Å². The van der Waals surface area contributed by atoms with Gasteiger partial charge in [-0.3, -0.25) is 9.59 Å². The van der Waals surface area contributed by atoms with E-state index in [-0.39, 0.29) is 11.8 Å². The number of aryl methyl sites for hydroxylation is 1. The van der Waals surface area contributed by atoms with Crippen LogP contribution in [0.5, 0.6) is 0 Å². The maximum Gasteiger partial charge on any atom is 0.240 e. The number of rotatable bonds is 3. The van der Waals surface area contributed by atoms with Crippen LogP contribution >= 0.6 is 11.6 Å². The quantitative estimate of drug-likeness (QED) is 0.868. The van der Waals surface area contributed by atoms with E-state index in [9.17, 15) is 9.59 Å². The number of halogens is 1. The van der Waals surface area contributed by atoms with Crippen molar-refractivity contribution in [1.82, 2.24) is 4.90 Å². The van der Waals surface area contributed by atoms with E-state index in [0.29, 0.717) is 23.6 Å². The molecule has 4 nitrogen and oxygen atoms in total. The number of amides is 2. The Morgan fingerprint density at radius 2 is 1.86 bits per heavy atom. The summed E-state index contributed by atoms with van der Waals surface area (Å²) in [7, 11) is 0. The van der Waals surface area contributed by atoms with Gasteiger partial charge in [0.1, 0.15) is 5.41 Å². The van der Waals surface area contributed by atoms with Crippen molar-refractivity contribution in [2.75, 3.05) is 18.4 Å². The molecule has 2 aliphatic rings. The van der Waals surface area contributed by atoms with Crippen molar-refractivity contribution in [3.8, 4) is 0 Å². The maximum atomic E-state index is 12.7. The Balaban J connectivity index is 1.70. The van der Waals surface area contributed by atoms with Gasteiger partial charge in [-0.05, 0) is 56.7 Å². The first-order chi connectivity index (χ1) is 10.5. The molecule has 118 valence electrons. The molecule has 0 aromatic heterocycles. The molecular formula is C17H21ClN2O2. The van der Waals surface area contributed by atoms with Gasteiger partial charge in [0.25, 0.3) is 0 Å². The number of hydrogen-bond donors (Lipinski definition) is 1. The van der Waals surface area contributed by atoms with Gasteiger partial charge < -0.3 is 10.2 Å². The number of carbonyl (C=O) groups is 2. The van der Waals surface area contributed by atoms with E-state index in [0.717, 1.165) is 31.5 Å². The number of hydrogen-bond acceptors (Lipinski definition) is 2. The van der Waals surface area contributed by atoms with Crippen LogP contribution in [-0.4, -0.2) is 29.8 Å². The van der Waals surface area contributed by atoms with E-state index in [2.05, 4.69) is 5.32 Å². The van der Waals surface area contributed by atoms with Crippen LogP contribution in [0.15, 0.2) is 18.2 Å². The topological polar surface area (TPSA) is 49.4 Å². The summed E-state index contributed by atoms with van der Waals surface area (Å²) >= 11 is 6.08. The lowest BCUT2D eigenvalue weighted by Gasteiger charge is -2.30. The molecular weight excluding hydrogens is 300 g/mol. The first-order valence-electron chi connectivity index (χ1n) is 7.90. The fourth-order valence-electron chi connectivity index (χ4n) is 2.98. The summed E-state index contributed by atoms with van der Waals surface area (Å²) in [6, 6.07) is 5.42. The number of nitrogens with zero attached hydrogens (tertiary/aromatic N) is 1. The molecule has 1 saturated carbocycles. The molecule has 2 fully saturated rings. The second kappa shape index (κ2) is 5.92. The van der Waals surface area contributed by atoms with Crippen LogP contribution in [0.3, 0.4) is 0 Å². The Hall–Kier alpha value is -1.55. The number of carbonyl (C=O) groups excluding carboxylic acids is 2. The van der Waals surface area contributed by atoms with Gasteiger partial charge in [0.05, 0.1) is 0 Å². The molecule has 0 atom stereocenters. The van der Waals surface area contributed by atoms with E-state index >= 15 is 0 Å². The fourth-order valence-corrected chi connectivity index (χ4v) is 3.16. The predicted octanol–water partition coefficient (Wildman–Crippen LogP) is 3.38. The Bertz CT molecular complexity index is 605. The molecule has 22 heavy (non-hydrogen) atoms. The van der Waals surface area contributed by atoms with Crippen LogP contribution in [0.2, 0.25) is 5.02 Å². The summed E-state index contributed by atoms with van der Waals surface area (Å²) in [5.74, 6) is -0.189. The van der Waals surface area contributed by atoms with Gasteiger partial charge in [-0.1, -0.05) is 17.7 Å². The van der Waals surface area contributed by atoms with Crippen molar-refractivity contribution in [3.63, 3.8) is 0 Å². The predicted molar refractivity (Wildman–Crippen MR) is 86.9 cm³/mol. The van der Waals surface area contributed by atoms with Crippen molar-refractivity contribution in [3.05, 3.63) is 28.8 Å². The van der Waals surface area contributed by atoms with Crippen LogP contribution in [0.4, 0.5) is 5.69 Å². The molecule has 1 saturated heterocycles. The second-order valence-corrected chi connectivity index (χ2v) is 6.76. The molecule has 0 unspecified atom stereocenters. The number of anilines is 1. The summed E-state index contributed by atoms with van der Waals surface area (Å²) in [4.78, 5) is 27.1. The third kappa shape index (κ3) is 2.84. The van der Waals surface area contributed by atoms with Crippen molar-refractivity contribution >= 4 is 29.1 Å². The van der Waals surface area contributed by atoms with E-state index in [1.165, 1.54) is 6.42 Å². The fraction of sp³-hybridized carbons (Fsp3) is 0.529. The smallest absolute Gasteiger partial charge is 0.240 e. The van der Waals surface area contributed by atoms with Gasteiger partial charge in [-0.2, -0.15) is 0 Å². The number of likely N-dealkylation sites (tertiary alicyclic amines) is 1. The Kier molecular flexibility index (Phi) is 4.13. The number of piperidine rings is 1. The summed E-state index contributed by atoms with van der Waals surface area (Å²) < 4.78 is 0. The molecule has 0 radical (unpaired) electrons. The second-order valence-electron chi connectivity index (χ2n) is 6.35. The lowest BCUT2D eigenvalue weighted by molar-refractivity contribution is -0.143. The molecule has 1 aromatic rings. The minimum absolute atomic E-state index is 0.00269. The molecule has 1 N–H and O–H groups in total. The molecule has 2 amide bonds.